The number of carbonyl (C=O) groups excluding carboxylic acids is 2. The second-order valence-electron chi connectivity index (χ2n) is 6.95. The molecule has 0 aromatic heterocycles. The number of amides is 2. The van der Waals surface area contributed by atoms with Gasteiger partial charge in [-0.15, -0.1) is 0 Å². The van der Waals surface area contributed by atoms with Crippen LogP contribution in [0, 0.1) is 6.92 Å². The van der Waals surface area contributed by atoms with E-state index in [0.717, 1.165) is 24.2 Å². The van der Waals surface area contributed by atoms with Crippen LogP contribution in [-0.2, 0) is 20.9 Å². The smallest absolute Gasteiger partial charge is 0.309 e. The molecule has 2 aromatic rings. The number of benzene rings is 2. The molecule has 1 aliphatic heterocycles. The maximum atomic E-state index is 12.3. The predicted molar refractivity (Wildman–Crippen MR) is 108 cm³/mol. The molecule has 28 heavy (non-hydrogen) atoms. The molecule has 148 valence electrons. The van der Waals surface area contributed by atoms with Crippen LogP contribution in [0.25, 0.3) is 0 Å². The molecule has 3 rings (SSSR count). The van der Waals surface area contributed by atoms with Crippen molar-refractivity contribution in [2.45, 2.75) is 19.5 Å². The number of hydrogen-bond donors (Lipinski definition) is 2. The molecule has 1 atom stereocenters. The minimum atomic E-state index is -0.617. The molecule has 1 fully saturated rings. The Labute approximate surface area is 165 Å². The molecule has 2 N–H and O–H groups in total. The molecule has 0 radical (unpaired) electrons. The minimum Gasteiger partial charge on any atom is -0.379 e. The average Bonchev–Trinajstić information content (AvgIpc) is 2.74. The third-order valence-corrected chi connectivity index (χ3v) is 4.91. The van der Waals surface area contributed by atoms with E-state index in [1.165, 1.54) is 5.56 Å². The maximum absolute atomic E-state index is 12.3. The number of rotatable bonds is 6. The van der Waals surface area contributed by atoms with E-state index in [4.69, 9.17) is 4.74 Å². The minimum absolute atomic E-state index is 0.00960. The number of nitrogens with one attached hydrogen (secondary N) is 2. The number of hydrogen-bond acceptors (Lipinski definition) is 4. The van der Waals surface area contributed by atoms with Crippen LogP contribution in [0.3, 0.4) is 0 Å². The monoisotopic (exact) mass is 381 g/mol. The summed E-state index contributed by atoms with van der Waals surface area (Å²) < 4.78 is 5.45. The Kier molecular flexibility index (Phi) is 7.17. The highest BCUT2D eigenvalue weighted by molar-refractivity contribution is 6.35. The summed E-state index contributed by atoms with van der Waals surface area (Å²) in [4.78, 5) is 26.7. The van der Waals surface area contributed by atoms with Crippen molar-refractivity contribution in [1.29, 1.82) is 0 Å². The van der Waals surface area contributed by atoms with Crippen LogP contribution >= 0.6 is 0 Å². The van der Waals surface area contributed by atoms with Gasteiger partial charge >= 0.3 is 11.8 Å². The highest BCUT2D eigenvalue weighted by atomic mass is 16.5. The lowest BCUT2D eigenvalue weighted by molar-refractivity contribution is -0.139. The van der Waals surface area contributed by atoms with E-state index in [-0.39, 0.29) is 6.04 Å². The van der Waals surface area contributed by atoms with Gasteiger partial charge in [-0.05, 0) is 18.1 Å². The Morgan fingerprint density at radius 3 is 2.29 bits per heavy atom. The Bertz CT molecular complexity index is 771. The Morgan fingerprint density at radius 2 is 1.61 bits per heavy atom. The lowest BCUT2D eigenvalue weighted by Gasteiger charge is -2.35. The van der Waals surface area contributed by atoms with Crippen molar-refractivity contribution in [2.24, 2.45) is 0 Å². The summed E-state index contributed by atoms with van der Waals surface area (Å²) in [6.45, 7) is 5.70. The van der Waals surface area contributed by atoms with Gasteiger partial charge in [0.2, 0.25) is 0 Å². The first-order chi connectivity index (χ1) is 13.6. The summed E-state index contributed by atoms with van der Waals surface area (Å²) in [5.41, 5.74) is 3.26. The molecule has 6 nitrogen and oxygen atoms in total. The Balaban J connectivity index is 1.58. The van der Waals surface area contributed by atoms with Gasteiger partial charge in [-0.3, -0.25) is 14.5 Å². The highest BCUT2D eigenvalue weighted by Crippen LogP contribution is 2.21. The van der Waals surface area contributed by atoms with Crippen molar-refractivity contribution >= 4 is 11.8 Å². The molecule has 1 saturated heterocycles. The number of ether oxygens (including phenoxy) is 1. The zero-order chi connectivity index (χ0) is 19.8. The number of morpholine rings is 1. The van der Waals surface area contributed by atoms with Crippen LogP contribution in [-0.4, -0.2) is 49.6 Å². The first-order valence-corrected chi connectivity index (χ1v) is 9.62. The molecular weight excluding hydrogens is 354 g/mol. The topological polar surface area (TPSA) is 70.7 Å². The highest BCUT2D eigenvalue weighted by Gasteiger charge is 2.24. The van der Waals surface area contributed by atoms with Crippen molar-refractivity contribution in [3.05, 3.63) is 71.3 Å². The van der Waals surface area contributed by atoms with Gasteiger partial charge in [0.05, 0.1) is 19.3 Å². The van der Waals surface area contributed by atoms with Crippen LogP contribution in [0.2, 0.25) is 0 Å². The molecule has 0 unspecified atom stereocenters. The quantitative estimate of drug-likeness (QED) is 0.749. The van der Waals surface area contributed by atoms with Gasteiger partial charge in [-0.2, -0.15) is 0 Å². The van der Waals surface area contributed by atoms with Crippen LogP contribution in [0.15, 0.2) is 54.6 Å². The second kappa shape index (κ2) is 10.0. The molecule has 2 aromatic carbocycles. The zero-order valence-electron chi connectivity index (χ0n) is 16.2. The number of carbonyl (C=O) groups is 2. The lowest BCUT2D eigenvalue weighted by Crippen LogP contribution is -2.46. The largest absolute Gasteiger partial charge is 0.379 e. The van der Waals surface area contributed by atoms with Gasteiger partial charge in [0.15, 0.2) is 0 Å². The van der Waals surface area contributed by atoms with Gasteiger partial charge in [-0.1, -0.05) is 60.2 Å². The molecule has 0 spiro atoms. The van der Waals surface area contributed by atoms with Gasteiger partial charge in [0, 0.05) is 26.2 Å². The summed E-state index contributed by atoms with van der Waals surface area (Å²) in [6.07, 6.45) is 0. The first kappa shape index (κ1) is 20.0. The standard InChI is InChI=1S/C22H27N3O3/c1-17-7-9-19(10-8-17)20(25-11-13-28-14-12-25)16-24-22(27)21(26)23-15-18-5-3-2-4-6-18/h2-10,20H,11-16H2,1H3,(H,23,26)(H,24,27)/t20-/m0/s1. The van der Waals surface area contributed by atoms with Gasteiger partial charge in [-0.25, -0.2) is 0 Å². The van der Waals surface area contributed by atoms with Gasteiger partial charge in [0.1, 0.15) is 0 Å². The third-order valence-electron chi connectivity index (χ3n) is 4.91. The van der Waals surface area contributed by atoms with E-state index in [1.807, 2.05) is 37.3 Å². The molecule has 1 aliphatic rings. The van der Waals surface area contributed by atoms with E-state index >= 15 is 0 Å². The van der Waals surface area contributed by atoms with Gasteiger partial charge < -0.3 is 15.4 Å². The van der Waals surface area contributed by atoms with E-state index in [0.29, 0.717) is 26.3 Å². The van der Waals surface area contributed by atoms with Crippen molar-refractivity contribution in [3.63, 3.8) is 0 Å². The fraction of sp³-hybridized carbons (Fsp3) is 0.364. The number of aryl methyl sites for hydroxylation is 1. The Hall–Kier alpha value is -2.70. The lowest BCUT2D eigenvalue weighted by atomic mass is 10.0. The average molecular weight is 381 g/mol. The van der Waals surface area contributed by atoms with E-state index < -0.39 is 11.8 Å². The maximum Gasteiger partial charge on any atom is 0.309 e. The van der Waals surface area contributed by atoms with Crippen LogP contribution in [0.1, 0.15) is 22.7 Å². The summed E-state index contributed by atoms with van der Waals surface area (Å²) in [7, 11) is 0. The SMILES string of the molecule is Cc1ccc([C@H](CNC(=O)C(=O)NCc2ccccc2)N2CCOCC2)cc1. The Morgan fingerprint density at radius 1 is 0.964 bits per heavy atom. The van der Waals surface area contributed by atoms with Gasteiger partial charge in [0.25, 0.3) is 0 Å². The normalized spacial score (nSPS) is 15.6. The molecule has 0 aliphatic carbocycles. The molecule has 0 saturated carbocycles. The fourth-order valence-corrected chi connectivity index (χ4v) is 3.26. The van der Waals surface area contributed by atoms with Crippen LogP contribution in [0.5, 0.6) is 0 Å². The summed E-state index contributed by atoms with van der Waals surface area (Å²) in [6, 6.07) is 17.8. The van der Waals surface area contributed by atoms with Crippen molar-refractivity contribution in [1.82, 2.24) is 15.5 Å². The van der Waals surface area contributed by atoms with E-state index in [2.05, 4.69) is 39.8 Å². The number of nitrogens with zero attached hydrogens (tertiary/aromatic N) is 1. The van der Waals surface area contributed by atoms with Crippen LogP contribution < -0.4 is 10.6 Å². The van der Waals surface area contributed by atoms with E-state index in [9.17, 15) is 9.59 Å². The molecular formula is C22H27N3O3. The molecule has 1 heterocycles. The molecule has 6 heteroatoms. The summed E-state index contributed by atoms with van der Waals surface area (Å²) in [5, 5.41) is 5.46. The van der Waals surface area contributed by atoms with Crippen molar-refractivity contribution in [2.75, 3.05) is 32.8 Å². The fourth-order valence-electron chi connectivity index (χ4n) is 3.26. The summed E-state index contributed by atoms with van der Waals surface area (Å²) >= 11 is 0. The van der Waals surface area contributed by atoms with Crippen molar-refractivity contribution < 1.29 is 14.3 Å². The van der Waals surface area contributed by atoms with Crippen LogP contribution in [0.4, 0.5) is 0 Å². The molecule has 2 amide bonds. The second-order valence-corrected chi connectivity index (χ2v) is 6.95. The predicted octanol–water partition coefficient (Wildman–Crippen LogP) is 1.80. The summed E-state index contributed by atoms with van der Waals surface area (Å²) in [5.74, 6) is -1.23. The third kappa shape index (κ3) is 5.65. The first-order valence-electron chi connectivity index (χ1n) is 9.62. The van der Waals surface area contributed by atoms with Crippen molar-refractivity contribution in [3.8, 4) is 0 Å². The zero-order valence-corrected chi connectivity index (χ0v) is 16.2. The molecule has 0 bridgehead atoms. The van der Waals surface area contributed by atoms with E-state index in [1.54, 1.807) is 0 Å².